The average molecular weight is 543 g/mol. The third kappa shape index (κ3) is 4.95. The zero-order valence-electron chi connectivity index (χ0n) is 25.9. The predicted octanol–water partition coefficient (Wildman–Crippen LogP) is 8.92. The lowest BCUT2D eigenvalue weighted by atomic mass is 9.53. The molecule has 0 unspecified atom stereocenters. The summed E-state index contributed by atoms with van der Waals surface area (Å²) in [5.41, 5.74) is 4.95. The largest absolute Gasteiger partial charge is 0.540 e. The van der Waals surface area contributed by atoms with E-state index in [4.69, 9.17) is 13.9 Å². The fourth-order valence-corrected chi connectivity index (χ4v) is 14.9. The molecule has 0 aromatic heterocycles. The van der Waals surface area contributed by atoms with E-state index in [0.717, 1.165) is 29.8 Å². The van der Waals surface area contributed by atoms with Gasteiger partial charge in [0.2, 0.25) is 0 Å². The van der Waals surface area contributed by atoms with Crippen molar-refractivity contribution in [3.8, 4) is 11.5 Å². The SMILES string of the molecule is COc1cc2c(cc1O[Si](C(C)C)(C(C)C)C(C)C)CC[C@@H]1[C@@H]2CC[C@]2(C)[C@@H]([C@H](C)COC(C)=O)CC[C@@H]12. The first-order chi connectivity index (χ1) is 17.9. The first kappa shape index (κ1) is 29.5. The summed E-state index contributed by atoms with van der Waals surface area (Å²) >= 11 is 0. The van der Waals surface area contributed by atoms with Crippen molar-refractivity contribution in [2.24, 2.45) is 29.1 Å². The second-order valence-corrected chi connectivity index (χ2v) is 19.4. The van der Waals surface area contributed by atoms with Gasteiger partial charge in [-0.2, -0.15) is 0 Å². The molecule has 0 saturated heterocycles. The Kier molecular flexibility index (Phi) is 8.67. The number of hydrogen-bond donors (Lipinski definition) is 0. The normalized spacial score (nSPS) is 29.6. The first-order valence-corrected chi connectivity index (χ1v) is 17.5. The van der Waals surface area contributed by atoms with Gasteiger partial charge in [-0.25, -0.2) is 0 Å². The molecule has 0 bridgehead atoms. The lowest BCUT2D eigenvalue weighted by Crippen LogP contribution is -2.50. The van der Waals surface area contributed by atoms with Gasteiger partial charge in [0, 0.05) is 6.92 Å². The summed E-state index contributed by atoms with van der Waals surface area (Å²) in [5, 5.41) is 0. The number of benzene rings is 1. The van der Waals surface area contributed by atoms with E-state index in [-0.39, 0.29) is 5.97 Å². The number of methoxy groups -OCH3 is 1. The molecule has 0 aliphatic heterocycles. The maximum atomic E-state index is 11.4. The Bertz CT molecular complexity index is 979. The Labute approximate surface area is 233 Å². The number of carbonyl (C=O) groups is 1. The summed E-state index contributed by atoms with van der Waals surface area (Å²) in [5.74, 6) is 4.92. The maximum Gasteiger partial charge on any atom is 0.302 e. The van der Waals surface area contributed by atoms with Gasteiger partial charge in [0.15, 0.2) is 5.75 Å². The minimum atomic E-state index is -2.07. The summed E-state index contributed by atoms with van der Waals surface area (Å²) in [4.78, 5) is 11.4. The number of esters is 1. The maximum absolute atomic E-state index is 11.4. The van der Waals surface area contributed by atoms with Crippen LogP contribution in [0.25, 0.3) is 0 Å². The third-order valence-corrected chi connectivity index (χ3v) is 17.3. The highest BCUT2D eigenvalue weighted by Crippen LogP contribution is 2.64. The van der Waals surface area contributed by atoms with Gasteiger partial charge in [-0.3, -0.25) is 4.79 Å². The molecule has 3 aliphatic rings. The molecule has 0 radical (unpaired) electrons. The van der Waals surface area contributed by atoms with Crippen LogP contribution in [-0.4, -0.2) is 28.0 Å². The van der Waals surface area contributed by atoms with Crippen LogP contribution in [-0.2, 0) is 16.0 Å². The molecule has 1 aromatic rings. The molecule has 2 saturated carbocycles. The van der Waals surface area contributed by atoms with Gasteiger partial charge in [0.1, 0.15) is 5.75 Å². The van der Waals surface area contributed by atoms with Crippen LogP contribution >= 0.6 is 0 Å². The van der Waals surface area contributed by atoms with Crippen LogP contribution in [0.2, 0.25) is 16.6 Å². The molecule has 6 atom stereocenters. The molecule has 0 spiro atoms. The summed E-state index contributed by atoms with van der Waals surface area (Å²) in [7, 11) is -0.260. The van der Waals surface area contributed by atoms with Crippen molar-refractivity contribution in [3.63, 3.8) is 0 Å². The minimum absolute atomic E-state index is 0.156. The van der Waals surface area contributed by atoms with Crippen LogP contribution in [0.1, 0.15) is 111 Å². The molecular formula is C33H54O4Si. The van der Waals surface area contributed by atoms with E-state index >= 15 is 0 Å². The molecule has 0 amide bonds. The second kappa shape index (κ2) is 11.2. The lowest BCUT2D eigenvalue weighted by Gasteiger charge is -2.52. The fraction of sp³-hybridized carbons (Fsp3) is 0.788. The molecule has 3 aliphatic carbocycles. The predicted molar refractivity (Wildman–Crippen MR) is 159 cm³/mol. The molecule has 2 fully saturated rings. The Balaban J connectivity index is 1.61. The molecule has 0 heterocycles. The average Bonchev–Trinajstić information content (AvgIpc) is 3.21. The van der Waals surface area contributed by atoms with Crippen LogP contribution in [0, 0.1) is 29.1 Å². The molecular weight excluding hydrogens is 488 g/mol. The molecule has 5 heteroatoms. The minimum Gasteiger partial charge on any atom is -0.540 e. The summed E-state index contributed by atoms with van der Waals surface area (Å²) in [6, 6.07) is 4.73. The Hall–Kier alpha value is -1.49. The Morgan fingerprint density at radius 2 is 1.63 bits per heavy atom. The number of hydrogen-bond acceptors (Lipinski definition) is 4. The van der Waals surface area contributed by atoms with Gasteiger partial charge in [0.05, 0.1) is 13.7 Å². The molecule has 0 N–H and O–H groups in total. The number of ether oxygens (including phenoxy) is 2. The lowest BCUT2D eigenvalue weighted by molar-refractivity contribution is -0.143. The molecule has 4 nitrogen and oxygen atoms in total. The first-order valence-electron chi connectivity index (χ1n) is 15.4. The topological polar surface area (TPSA) is 44.8 Å². The fourth-order valence-electron chi connectivity index (χ4n) is 9.70. The van der Waals surface area contributed by atoms with Crippen LogP contribution in [0.5, 0.6) is 11.5 Å². The van der Waals surface area contributed by atoms with Gasteiger partial charge in [-0.1, -0.05) is 55.4 Å². The van der Waals surface area contributed by atoms with E-state index in [1.165, 1.54) is 50.2 Å². The quantitative estimate of drug-likeness (QED) is 0.231. The van der Waals surface area contributed by atoms with Crippen LogP contribution in [0.4, 0.5) is 0 Å². The molecule has 1 aromatic carbocycles. The summed E-state index contributed by atoms with van der Waals surface area (Å²) < 4.78 is 18.6. The standard InChI is InChI=1S/C33H54O4Si/c1-20(2)38(21(3)4,22(5)6)37-32-17-25-11-12-27-26(28(25)18-31(32)35-10)15-16-33(9)29(13-14-30(27)33)23(7)19-36-24(8)34/h17-18,20-23,26-27,29-30H,11-16,19H2,1-10H3/t23-,26+,27-,29-,30+,33-/m1/s1. The monoisotopic (exact) mass is 542 g/mol. The van der Waals surface area contributed by atoms with E-state index in [1.54, 1.807) is 0 Å². The highest BCUT2D eigenvalue weighted by molar-refractivity contribution is 6.78. The molecule has 38 heavy (non-hydrogen) atoms. The van der Waals surface area contributed by atoms with Crippen LogP contribution in [0.15, 0.2) is 12.1 Å². The zero-order chi connectivity index (χ0) is 28.0. The number of fused-ring (bicyclic) bond motifs is 5. The number of carbonyl (C=O) groups excluding carboxylic acids is 1. The number of rotatable bonds is 9. The Morgan fingerprint density at radius 1 is 0.974 bits per heavy atom. The van der Waals surface area contributed by atoms with Gasteiger partial charge in [-0.05, 0) is 113 Å². The van der Waals surface area contributed by atoms with Crippen molar-refractivity contribution < 1.29 is 18.7 Å². The smallest absolute Gasteiger partial charge is 0.302 e. The van der Waals surface area contributed by atoms with E-state index in [0.29, 0.717) is 46.4 Å². The molecule has 214 valence electrons. The van der Waals surface area contributed by atoms with Gasteiger partial charge in [0.25, 0.3) is 8.32 Å². The van der Waals surface area contributed by atoms with Gasteiger partial charge < -0.3 is 13.9 Å². The van der Waals surface area contributed by atoms with Crippen molar-refractivity contribution in [2.45, 2.75) is 123 Å². The van der Waals surface area contributed by atoms with E-state index < -0.39 is 8.32 Å². The van der Waals surface area contributed by atoms with Crippen molar-refractivity contribution in [3.05, 3.63) is 23.3 Å². The number of aryl methyl sites for hydroxylation is 1. The van der Waals surface area contributed by atoms with Crippen LogP contribution < -0.4 is 9.16 Å². The van der Waals surface area contributed by atoms with Crippen LogP contribution in [0.3, 0.4) is 0 Å². The molecule has 4 rings (SSSR count). The zero-order valence-corrected chi connectivity index (χ0v) is 26.9. The van der Waals surface area contributed by atoms with E-state index in [2.05, 4.69) is 67.5 Å². The van der Waals surface area contributed by atoms with E-state index in [1.807, 2.05) is 7.11 Å². The van der Waals surface area contributed by atoms with Crippen molar-refractivity contribution in [2.75, 3.05) is 13.7 Å². The third-order valence-electron chi connectivity index (χ3n) is 11.3. The van der Waals surface area contributed by atoms with E-state index in [9.17, 15) is 4.79 Å². The van der Waals surface area contributed by atoms with Crippen molar-refractivity contribution in [1.29, 1.82) is 0 Å². The highest BCUT2D eigenvalue weighted by Gasteiger charge is 2.56. The highest BCUT2D eigenvalue weighted by atomic mass is 28.4. The van der Waals surface area contributed by atoms with Crippen molar-refractivity contribution in [1.82, 2.24) is 0 Å². The second-order valence-electron chi connectivity index (χ2n) is 14.0. The Morgan fingerprint density at radius 3 is 2.21 bits per heavy atom. The van der Waals surface area contributed by atoms with Gasteiger partial charge in [-0.15, -0.1) is 0 Å². The van der Waals surface area contributed by atoms with Gasteiger partial charge >= 0.3 is 5.97 Å². The van der Waals surface area contributed by atoms with Crippen molar-refractivity contribution >= 4 is 14.3 Å². The summed E-state index contributed by atoms with van der Waals surface area (Å²) in [6.07, 6.45) is 7.49. The summed E-state index contributed by atoms with van der Waals surface area (Å²) in [6.45, 7) is 21.0.